The average Bonchev–Trinajstić information content (AvgIpc) is 1.85. The summed E-state index contributed by atoms with van der Waals surface area (Å²) in [7, 11) is 0. The van der Waals surface area contributed by atoms with Crippen LogP contribution in [0.15, 0.2) is 0 Å². The van der Waals surface area contributed by atoms with E-state index in [1.165, 1.54) is 5.48 Å². The molecular weight excluding hydrogens is 136 g/mol. The van der Waals surface area contributed by atoms with Gasteiger partial charge in [0.1, 0.15) is 6.10 Å². The molecule has 0 bridgehead atoms. The summed E-state index contributed by atoms with van der Waals surface area (Å²) in [6, 6.07) is -0.257. The maximum atomic E-state index is 10.4. The predicted octanol–water partition coefficient (Wildman–Crippen LogP) is -1.41. The molecule has 1 amide bonds. The summed E-state index contributed by atoms with van der Waals surface area (Å²) in [6.07, 6.45) is -1.07. The van der Waals surface area contributed by atoms with E-state index >= 15 is 0 Å². The molecule has 0 aliphatic carbocycles. The molecule has 5 N–H and O–H groups in total. The van der Waals surface area contributed by atoms with Gasteiger partial charge < -0.3 is 10.8 Å². The Bertz CT molecular complexity index is 115. The van der Waals surface area contributed by atoms with E-state index in [0.717, 1.165) is 0 Å². The lowest BCUT2D eigenvalue weighted by Gasteiger charge is -2.09. The highest BCUT2D eigenvalue weighted by atomic mass is 16.5. The second kappa shape index (κ2) is 4.21. The minimum atomic E-state index is -1.22. The number of carbonyl (C=O) groups excluding carboxylic acids is 1. The highest BCUT2D eigenvalue weighted by molar-refractivity contribution is 5.79. The first-order valence-corrected chi connectivity index (χ1v) is 2.95. The summed E-state index contributed by atoms with van der Waals surface area (Å²) in [5.41, 5.74) is 6.59. The number of aliphatic hydroxyl groups is 1. The van der Waals surface area contributed by atoms with Crippen molar-refractivity contribution in [3.05, 3.63) is 0 Å². The molecule has 2 unspecified atom stereocenters. The van der Waals surface area contributed by atoms with Crippen LogP contribution in [0.2, 0.25) is 0 Å². The fourth-order valence-corrected chi connectivity index (χ4v) is 0.534. The Morgan fingerprint density at radius 2 is 2.30 bits per heavy atom. The van der Waals surface area contributed by atoms with Gasteiger partial charge in [-0.25, -0.2) is 5.48 Å². The minimum absolute atomic E-state index is 0.145. The van der Waals surface area contributed by atoms with Crippen LogP contribution in [0.25, 0.3) is 0 Å². The van der Waals surface area contributed by atoms with Gasteiger partial charge in [0.05, 0.1) is 0 Å². The molecule has 0 aromatic rings. The van der Waals surface area contributed by atoms with Crippen LogP contribution in [-0.4, -0.2) is 28.4 Å². The van der Waals surface area contributed by atoms with Crippen molar-refractivity contribution < 1.29 is 15.1 Å². The molecule has 0 aromatic carbocycles. The summed E-state index contributed by atoms with van der Waals surface area (Å²) < 4.78 is 0. The van der Waals surface area contributed by atoms with E-state index in [0.29, 0.717) is 0 Å². The largest absolute Gasteiger partial charge is 0.383 e. The molecule has 0 aliphatic rings. The maximum absolute atomic E-state index is 10.4. The molecule has 0 saturated carbocycles. The molecule has 5 heteroatoms. The maximum Gasteiger partial charge on any atom is 0.272 e. The number of carbonyl (C=O) groups is 1. The van der Waals surface area contributed by atoms with Gasteiger partial charge in [-0.2, -0.15) is 0 Å². The molecule has 60 valence electrons. The zero-order valence-electron chi connectivity index (χ0n) is 5.74. The summed E-state index contributed by atoms with van der Waals surface area (Å²) in [5, 5.41) is 16.9. The molecule has 2 atom stereocenters. The van der Waals surface area contributed by atoms with Crippen molar-refractivity contribution in [2.24, 2.45) is 5.73 Å². The topological polar surface area (TPSA) is 95.6 Å². The number of amides is 1. The van der Waals surface area contributed by atoms with Crippen molar-refractivity contribution in [2.75, 3.05) is 0 Å². The molecule has 0 rings (SSSR count). The Labute approximate surface area is 58.8 Å². The lowest BCUT2D eigenvalue weighted by Crippen LogP contribution is -2.36. The predicted molar refractivity (Wildman–Crippen MR) is 34.2 cm³/mol. The third-order valence-corrected chi connectivity index (χ3v) is 1.01. The van der Waals surface area contributed by atoms with E-state index in [1.54, 1.807) is 6.92 Å². The fraction of sp³-hybridized carbons (Fsp3) is 0.800. The van der Waals surface area contributed by atoms with Crippen LogP contribution in [0.5, 0.6) is 0 Å². The van der Waals surface area contributed by atoms with Crippen LogP contribution in [-0.2, 0) is 4.79 Å². The second-order valence-electron chi connectivity index (χ2n) is 2.20. The van der Waals surface area contributed by atoms with Gasteiger partial charge in [-0.05, 0) is 13.3 Å². The zero-order valence-corrected chi connectivity index (χ0v) is 5.74. The van der Waals surface area contributed by atoms with Crippen LogP contribution < -0.4 is 11.2 Å². The Morgan fingerprint density at radius 1 is 1.80 bits per heavy atom. The van der Waals surface area contributed by atoms with Crippen molar-refractivity contribution in [3.8, 4) is 0 Å². The van der Waals surface area contributed by atoms with E-state index in [-0.39, 0.29) is 12.5 Å². The molecule has 10 heavy (non-hydrogen) atoms. The van der Waals surface area contributed by atoms with Gasteiger partial charge in [0.15, 0.2) is 0 Å². The van der Waals surface area contributed by atoms with E-state index in [9.17, 15) is 4.79 Å². The van der Waals surface area contributed by atoms with Gasteiger partial charge in [-0.15, -0.1) is 0 Å². The van der Waals surface area contributed by atoms with Crippen LogP contribution >= 0.6 is 0 Å². The Hall–Kier alpha value is -0.650. The Balaban J connectivity index is 3.61. The third-order valence-electron chi connectivity index (χ3n) is 1.01. The number of nitrogens with one attached hydrogen (secondary N) is 1. The number of nitrogens with two attached hydrogens (primary N) is 1. The van der Waals surface area contributed by atoms with Crippen molar-refractivity contribution in [3.63, 3.8) is 0 Å². The summed E-state index contributed by atoms with van der Waals surface area (Å²) in [6.45, 7) is 1.66. The van der Waals surface area contributed by atoms with Crippen LogP contribution in [0.4, 0.5) is 0 Å². The summed E-state index contributed by atoms with van der Waals surface area (Å²) in [4.78, 5) is 10.4. The van der Waals surface area contributed by atoms with Gasteiger partial charge in [-0.3, -0.25) is 10.0 Å². The number of hydrogen-bond acceptors (Lipinski definition) is 4. The lowest BCUT2D eigenvalue weighted by molar-refractivity contribution is -0.138. The SMILES string of the molecule is CC(N)CC(O)C(=O)NO. The molecular formula is C5H12N2O3. The van der Waals surface area contributed by atoms with Crippen LogP contribution in [0.1, 0.15) is 13.3 Å². The van der Waals surface area contributed by atoms with Gasteiger partial charge in [0, 0.05) is 6.04 Å². The molecule has 0 spiro atoms. The quantitative estimate of drug-likeness (QED) is 0.292. The molecule has 0 saturated heterocycles. The smallest absolute Gasteiger partial charge is 0.272 e. The van der Waals surface area contributed by atoms with Gasteiger partial charge >= 0.3 is 0 Å². The van der Waals surface area contributed by atoms with E-state index in [2.05, 4.69) is 0 Å². The first kappa shape index (κ1) is 9.35. The second-order valence-corrected chi connectivity index (χ2v) is 2.20. The van der Waals surface area contributed by atoms with Gasteiger partial charge in [0.2, 0.25) is 0 Å². The molecule has 0 radical (unpaired) electrons. The van der Waals surface area contributed by atoms with Gasteiger partial charge in [0.25, 0.3) is 5.91 Å². The summed E-state index contributed by atoms with van der Waals surface area (Å²) in [5.74, 6) is -0.822. The third kappa shape index (κ3) is 3.39. The molecule has 5 nitrogen and oxygen atoms in total. The fourth-order valence-electron chi connectivity index (χ4n) is 0.534. The highest BCUT2D eigenvalue weighted by Gasteiger charge is 2.14. The lowest BCUT2D eigenvalue weighted by atomic mass is 10.1. The molecule has 0 fully saturated rings. The monoisotopic (exact) mass is 148 g/mol. The van der Waals surface area contributed by atoms with Crippen LogP contribution in [0.3, 0.4) is 0 Å². The molecule has 0 aromatic heterocycles. The van der Waals surface area contributed by atoms with Gasteiger partial charge in [-0.1, -0.05) is 0 Å². The first-order valence-electron chi connectivity index (χ1n) is 2.95. The van der Waals surface area contributed by atoms with Crippen molar-refractivity contribution in [1.82, 2.24) is 5.48 Å². The van der Waals surface area contributed by atoms with Crippen LogP contribution in [0, 0.1) is 0 Å². The number of hydroxylamine groups is 1. The first-order chi connectivity index (χ1) is 4.57. The van der Waals surface area contributed by atoms with E-state index in [1.807, 2.05) is 0 Å². The molecule has 0 aliphatic heterocycles. The number of hydrogen-bond donors (Lipinski definition) is 4. The van der Waals surface area contributed by atoms with Crippen molar-refractivity contribution in [1.29, 1.82) is 0 Å². The van der Waals surface area contributed by atoms with E-state index < -0.39 is 12.0 Å². The van der Waals surface area contributed by atoms with Crippen molar-refractivity contribution >= 4 is 5.91 Å². The standard InChI is InChI=1S/C5H12N2O3/c1-3(6)2-4(8)5(9)7-10/h3-4,8,10H,2,6H2,1H3,(H,7,9). The van der Waals surface area contributed by atoms with Crippen molar-refractivity contribution in [2.45, 2.75) is 25.5 Å². The molecule has 0 heterocycles. The minimum Gasteiger partial charge on any atom is -0.383 e. The Kier molecular flexibility index (Phi) is 3.94. The average molecular weight is 148 g/mol. The van der Waals surface area contributed by atoms with E-state index in [4.69, 9.17) is 16.0 Å². The number of rotatable bonds is 3. The highest BCUT2D eigenvalue weighted by Crippen LogP contribution is 1.93. The normalized spacial score (nSPS) is 16.0. The summed E-state index contributed by atoms with van der Waals surface area (Å²) >= 11 is 0. The Morgan fingerprint density at radius 3 is 2.60 bits per heavy atom. The number of aliphatic hydroxyl groups excluding tert-OH is 1. The zero-order chi connectivity index (χ0) is 8.15.